The molecule has 0 atom stereocenters. The van der Waals surface area contributed by atoms with Gasteiger partial charge in [-0.2, -0.15) is 0 Å². The van der Waals surface area contributed by atoms with Gasteiger partial charge in [-0.1, -0.05) is 30.9 Å². The van der Waals surface area contributed by atoms with E-state index in [0.717, 1.165) is 0 Å². The van der Waals surface area contributed by atoms with Crippen molar-refractivity contribution >= 4 is 5.78 Å². The highest BCUT2D eigenvalue weighted by Gasteiger charge is 1.98. The van der Waals surface area contributed by atoms with Gasteiger partial charge in [-0.25, -0.2) is 0 Å². The summed E-state index contributed by atoms with van der Waals surface area (Å²) in [4.78, 5) is 10.9. The summed E-state index contributed by atoms with van der Waals surface area (Å²) >= 11 is 0. The predicted molar refractivity (Wildman–Crippen MR) is 46.9 cm³/mol. The number of carbonyl (C=O) groups excluding carboxylic acids is 1. The molecule has 0 amide bonds. The third-order valence-electron chi connectivity index (χ3n) is 1.04. The normalized spacial score (nSPS) is 11.1. The van der Waals surface area contributed by atoms with E-state index >= 15 is 0 Å². The number of terminal acetylenes is 1. The van der Waals surface area contributed by atoms with Crippen LogP contribution in [0.2, 0.25) is 0 Å². The molecule has 0 N–H and O–H groups in total. The smallest absolute Gasteiger partial charge is 0.235 e. The van der Waals surface area contributed by atoms with Gasteiger partial charge in [0.15, 0.2) is 0 Å². The lowest BCUT2D eigenvalue weighted by Gasteiger charge is -1.89. The zero-order valence-corrected chi connectivity index (χ0v) is 6.50. The molecule has 0 rings (SSSR count). The number of carbonyl (C=O) groups is 1. The minimum Gasteiger partial charge on any atom is -0.279 e. The largest absolute Gasteiger partial charge is 0.279 e. The summed E-state index contributed by atoms with van der Waals surface area (Å²) in [5.74, 6) is 1.71. The van der Waals surface area contributed by atoms with Crippen molar-refractivity contribution in [3.8, 4) is 12.3 Å². The molecule has 0 aliphatic heterocycles. The predicted octanol–water partition coefficient (Wildman–Crippen LogP) is 1.88. The zero-order valence-electron chi connectivity index (χ0n) is 6.50. The SMILES string of the molecule is C#CC(=O)C(/C=C\C)=C/C=C. The molecule has 0 unspecified atom stereocenters. The van der Waals surface area contributed by atoms with E-state index in [9.17, 15) is 4.79 Å². The fourth-order valence-corrected chi connectivity index (χ4v) is 0.597. The molecule has 0 radical (unpaired) electrons. The van der Waals surface area contributed by atoms with Crippen molar-refractivity contribution < 1.29 is 4.79 Å². The Morgan fingerprint density at radius 3 is 2.64 bits per heavy atom. The van der Waals surface area contributed by atoms with Crippen molar-refractivity contribution in [1.82, 2.24) is 0 Å². The van der Waals surface area contributed by atoms with Crippen LogP contribution < -0.4 is 0 Å². The summed E-state index contributed by atoms with van der Waals surface area (Å²) in [7, 11) is 0. The summed E-state index contributed by atoms with van der Waals surface area (Å²) < 4.78 is 0. The quantitative estimate of drug-likeness (QED) is 0.257. The first-order valence-electron chi connectivity index (χ1n) is 3.22. The fraction of sp³-hybridized carbons (Fsp3) is 0.100. The Kier molecular flexibility index (Phi) is 4.51. The molecule has 0 aliphatic rings. The van der Waals surface area contributed by atoms with Gasteiger partial charge < -0.3 is 0 Å². The van der Waals surface area contributed by atoms with E-state index < -0.39 is 0 Å². The second-order valence-corrected chi connectivity index (χ2v) is 1.83. The number of rotatable bonds is 3. The zero-order chi connectivity index (χ0) is 8.69. The number of hydrogen-bond donors (Lipinski definition) is 0. The van der Waals surface area contributed by atoms with Crippen molar-refractivity contribution in [3.05, 3.63) is 36.5 Å². The Hall–Kier alpha value is -1.55. The van der Waals surface area contributed by atoms with Gasteiger partial charge in [-0.05, 0) is 12.8 Å². The van der Waals surface area contributed by atoms with E-state index in [-0.39, 0.29) is 5.78 Å². The van der Waals surface area contributed by atoms with Crippen molar-refractivity contribution in [1.29, 1.82) is 0 Å². The van der Waals surface area contributed by atoms with Gasteiger partial charge in [0.1, 0.15) is 0 Å². The number of ketones is 1. The Bertz CT molecular complexity index is 249. The maximum absolute atomic E-state index is 10.9. The molecule has 56 valence electrons. The molecule has 0 aromatic carbocycles. The first kappa shape index (κ1) is 9.45. The van der Waals surface area contributed by atoms with Crippen LogP contribution in [0.15, 0.2) is 36.5 Å². The molecular formula is C10H10O. The van der Waals surface area contributed by atoms with Crippen molar-refractivity contribution in [2.24, 2.45) is 0 Å². The van der Waals surface area contributed by atoms with E-state index in [4.69, 9.17) is 6.42 Å². The third kappa shape index (κ3) is 3.22. The van der Waals surface area contributed by atoms with Crippen LogP contribution in [0.4, 0.5) is 0 Å². The van der Waals surface area contributed by atoms with Gasteiger partial charge in [-0.15, -0.1) is 6.42 Å². The second-order valence-electron chi connectivity index (χ2n) is 1.83. The summed E-state index contributed by atoms with van der Waals surface area (Å²) in [5, 5.41) is 0. The van der Waals surface area contributed by atoms with Gasteiger partial charge in [0.2, 0.25) is 5.78 Å². The van der Waals surface area contributed by atoms with E-state index in [1.54, 1.807) is 18.2 Å². The highest BCUT2D eigenvalue weighted by atomic mass is 16.1. The molecular weight excluding hydrogens is 136 g/mol. The van der Waals surface area contributed by atoms with Crippen LogP contribution in [-0.2, 0) is 4.79 Å². The van der Waals surface area contributed by atoms with Crippen LogP contribution in [0.5, 0.6) is 0 Å². The Morgan fingerprint density at radius 2 is 2.27 bits per heavy atom. The summed E-state index contributed by atoms with van der Waals surface area (Å²) in [6.45, 7) is 5.29. The molecule has 0 fully saturated rings. The maximum Gasteiger partial charge on any atom is 0.235 e. The number of hydrogen-bond acceptors (Lipinski definition) is 1. The standard InChI is InChI=1S/C10H10O/c1-4-7-9(8-5-2)10(11)6-3/h3-5,7-8H,1H2,2H3/b8-5-,9-7+. The Morgan fingerprint density at radius 1 is 1.64 bits per heavy atom. The highest BCUT2D eigenvalue weighted by molar-refractivity contribution is 6.10. The Labute approximate surface area is 67.1 Å². The molecule has 0 aromatic rings. The molecule has 0 aliphatic carbocycles. The van der Waals surface area contributed by atoms with Crippen LogP contribution >= 0.6 is 0 Å². The van der Waals surface area contributed by atoms with Crippen molar-refractivity contribution in [2.75, 3.05) is 0 Å². The lowest BCUT2D eigenvalue weighted by Crippen LogP contribution is -1.94. The van der Waals surface area contributed by atoms with Crippen molar-refractivity contribution in [2.45, 2.75) is 6.92 Å². The minimum atomic E-state index is -0.317. The van der Waals surface area contributed by atoms with Crippen LogP contribution in [-0.4, -0.2) is 5.78 Å². The van der Waals surface area contributed by atoms with Crippen LogP contribution in [0.1, 0.15) is 6.92 Å². The number of Topliss-reactive ketones (excluding diaryl/α,β-unsaturated/α-hetero) is 1. The molecule has 0 heterocycles. The van der Waals surface area contributed by atoms with E-state index in [0.29, 0.717) is 5.57 Å². The van der Waals surface area contributed by atoms with Crippen LogP contribution in [0, 0.1) is 12.3 Å². The molecule has 0 bridgehead atoms. The first-order chi connectivity index (χ1) is 5.26. The van der Waals surface area contributed by atoms with Gasteiger partial charge in [0, 0.05) is 5.57 Å². The average molecular weight is 146 g/mol. The fourth-order valence-electron chi connectivity index (χ4n) is 0.597. The number of allylic oxidation sites excluding steroid dienone is 5. The summed E-state index contributed by atoms with van der Waals surface area (Å²) in [6.07, 6.45) is 11.5. The van der Waals surface area contributed by atoms with Crippen molar-refractivity contribution in [3.63, 3.8) is 0 Å². The third-order valence-corrected chi connectivity index (χ3v) is 1.04. The van der Waals surface area contributed by atoms with Gasteiger partial charge in [0.05, 0.1) is 0 Å². The monoisotopic (exact) mass is 146 g/mol. The van der Waals surface area contributed by atoms with E-state index in [2.05, 4.69) is 6.58 Å². The van der Waals surface area contributed by atoms with E-state index in [1.807, 2.05) is 12.8 Å². The first-order valence-corrected chi connectivity index (χ1v) is 3.22. The van der Waals surface area contributed by atoms with Gasteiger partial charge in [-0.3, -0.25) is 4.79 Å². The minimum absolute atomic E-state index is 0.317. The molecule has 1 nitrogen and oxygen atoms in total. The topological polar surface area (TPSA) is 17.1 Å². The molecule has 1 heteroatoms. The average Bonchev–Trinajstić information content (AvgIpc) is 2.03. The van der Waals surface area contributed by atoms with Gasteiger partial charge >= 0.3 is 0 Å². The summed E-state index contributed by atoms with van der Waals surface area (Å²) in [6, 6.07) is 0. The Balaban J connectivity index is 4.64. The lowest BCUT2D eigenvalue weighted by molar-refractivity contribution is -0.110. The van der Waals surface area contributed by atoms with Crippen LogP contribution in [0.25, 0.3) is 0 Å². The van der Waals surface area contributed by atoms with Crippen LogP contribution in [0.3, 0.4) is 0 Å². The molecule has 0 spiro atoms. The van der Waals surface area contributed by atoms with E-state index in [1.165, 1.54) is 6.08 Å². The highest BCUT2D eigenvalue weighted by Crippen LogP contribution is 1.98. The molecule has 0 aromatic heterocycles. The van der Waals surface area contributed by atoms with Gasteiger partial charge in [0.25, 0.3) is 0 Å². The molecule has 11 heavy (non-hydrogen) atoms. The lowest BCUT2D eigenvalue weighted by atomic mass is 10.1. The maximum atomic E-state index is 10.9. The molecule has 0 saturated carbocycles. The summed E-state index contributed by atoms with van der Waals surface area (Å²) in [5.41, 5.74) is 0.491. The molecule has 0 saturated heterocycles. The second kappa shape index (κ2) is 5.25.